The van der Waals surface area contributed by atoms with Crippen molar-refractivity contribution >= 4 is 5.71 Å². The molecule has 0 aromatic rings. The number of nitrogens with zero attached hydrogens (tertiary/aromatic N) is 2. The van der Waals surface area contributed by atoms with Crippen LogP contribution in [0.4, 0.5) is 0 Å². The fourth-order valence-electron chi connectivity index (χ4n) is 1.78. The maximum absolute atomic E-state index is 4.41. The summed E-state index contributed by atoms with van der Waals surface area (Å²) in [6.07, 6.45) is 5.60. The van der Waals surface area contributed by atoms with Gasteiger partial charge < -0.3 is 4.90 Å². The largest absolute Gasteiger partial charge is 0.352 e. The molecule has 0 saturated heterocycles. The number of rotatable bonds is 8. The van der Waals surface area contributed by atoms with Gasteiger partial charge in [-0.2, -0.15) is 0 Å². The molecule has 18 heavy (non-hydrogen) atoms. The van der Waals surface area contributed by atoms with Gasteiger partial charge in [-0.3, -0.25) is 4.99 Å². The van der Waals surface area contributed by atoms with Crippen molar-refractivity contribution in [3.05, 3.63) is 36.3 Å². The highest BCUT2D eigenvalue weighted by atomic mass is 15.1. The van der Waals surface area contributed by atoms with Crippen molar-refractivity contribution in [3.8, 4) is 0 Å². The molecule has 2 nitrogen and oxygen atoms in total. The van der Waals surface area contributed by atoms with E-state index < -0.39 is 0 Å². The molecule has 0 unspecified atom stereocenters. The first-order valence-electron chi connectivity index (χ1n) is 6.71. The van der Waals surface area contributed by atoms with Gasteiger partial charge in [-0.05, 0) is 45.9 Å². The predicted molar refractivity (Wildman–Crippen MR) is 82.7 cm³/mol. The average Bonchev–Trinajstić information content (AvgIpc) is 2.32. The molecular weight excluding hydrogens is 220 g/mol. The van der Waals surface area contributed by atoms with Gasteiger partial charge in [-0.15, -0.1) is 0 Å². The fourth-order valence-corrected chi connectivity index (χ4v) is 1.78. The van der Waals surface area contributed by atoms with Gasteiger partial charge in [0.05, 0.1) is 0 Å². The van der Waals surface area contributed by atoms with Crippen LogP contribution in [-0.2, 0) is 0 Å². The van der Waals surface area contributed by atoms with Gasteiger partial charge in [-0.1, -0.05) is 32.9 Å². The Labute approximate surface area is 113 Å². The molecule has 0 aliphatic heterocycles. The minimum absolute atomic E-state index is 0.843. The highest BCUT2D eigenvalue weighted by Gasteiger charge is 2.07. The van der Waals surface area contributed by atoms with E-state index >= 15 is 0 Å². The second kappa shape index (κ2) is 8.73. The lowest BCUT2D eigenvalue weighted by Crippen LogP contribution is -2.18. The summed E-state index contributed by atoms with van der Waals surface area (Å²) in [6.45, 7) is 19.1. The van der Waals surface area contributed by atoms with Crippen LogP contribution in [0.15, 0.2) is 41.3 Å². The molecule has 0 saturated carbocycles. The highest BCUT2D eigenvalue weighted by Crippen LogP contribution is 2.14. The van der Waals surface area contributed by atoms with Gasteiger partial charge in [0.15, 0.2) is 0 Å². The first-order chi connectivity index (χ1) is 8.43. The third-order valence-corrected chi connectivity index (χ3v) is 3.10. The molecule has 0 aromatic carbocycles. The van der Waals surface area contributed by atoms with Gasteiger partial charge >= 0.3 is 0 Å². The maximum atomic E-state index is 4.41. The summed E-state index contributed by atoms with van der Waals surface area (Å²) in [5, 5.41) is 0. The lowest BCUT2D eigenvalue weighted by atomic mass is 10.1. The van der Waals surface area contributed by atoms with Crippen molar-refractivity contribution in [1.82, 2.24) is 4.90 Å². The fraction of sp³-hybridized carbons (Fsp3) is 0.562. The Bertz CT molecular complexity index is 348. The maximum Gasteiger partial charge on any atom is 0.0421 e. The monoisotopic (exact) mass is 248 g/mol. The van der Waals surface area contributed by atoms with Gasteiger partial charge in [0.2, 0.25) is 0 Å². The Balaban J connectivity index is 4.87. The zero-order chi connectivity index (χ0) is 14.1. The Morgan fingerprint density at radius 2 is 1.78 bits per heavy atom. The van der Waals surface area contributed by atoms with Crippen LogP contribution >= 0.6 is 0 Å². The van der Waals surface area contributed by atoms with E-state index in [2.05, 4.69) is 43.8 Å². The molecule has 2 heteroatoms. The molecule has 0 heterocycles. The van der Waals surface area contributed by atoms with E-state index in [0.717, 1.165) is 18.0 Å². The summed E-state index contributed by atoms with van der Waals surface area (Å²) in [5.74, 6) is 0. The molecule has 0 aliphatic rings. The van der Waals surface area contributed by atoms with Gasteiger partial charge in [-0.25, -0.2) is 0 Å². The van der Waals surface area contributed by atoms with Crippen molar-refractivity contribution < 1.29 is 0 Å². The van der Waals surface area contributed by atoms with Crippen LogP contribution in [0.1, 0.15) is 53.9 Å². The van der Waals surface area contributed by atoms with Crippen LogP contribution in [-0.4, -0.2) is 17.2 Å². The van der Waals surface area contributed by atoms with E-state index in [4.69, 9.17) is 0 Å². The van der Waals surface area contributed by atoms with Crippen LogP contribution in [0.2, 0.25) is 0 Å². The molecule has 0 aliphatic carbocycles. The molecule has 0 aromatic heterocycles. The third-order valence-electron chi connectivity index (χ3n) is 3.10. The summed E-state index contributed by atoms with van der Waals surface area (Å²) >= 11 is 0. The number of unbranched alkanes of at least 4 members (excludes halogenated alkanes) is 2. The van der Waals surface area contributed by atoms with E-state index in [-0.39, 0.29) is 0 Å². The summed E-state index contributed by atoms with van der Waals surface area (Å²) in [7, 11) is 0. The Hall–Kier alpha value is -1.31. The normalized spacial score (nSPS) is 13.1. The zero-order valence-corrected chi connectivity index (χ0v) is 12.7. The molecule has 0 N–H and O–H groups in total. The number of allylic oxidation sites excluding steroid dienone is 3. The SMILES string of the molecule is C=CN(CCCCC)/C(C)=C(C)/C(C)=N\C(=C)C. The van der Waals surface area contributed by atoms with Crippen LogP contribution in [0.25, 0.3) is 0 Å². The minimum Gasteiger partial charge on any atom is -0.352 e. The summed E-state index contributed by atoms with van der Waals surface area (Å²) in [4.78, 5) is 6.63. The molecule has 0 rings (SSSR count). The first-order valence-corrected chi connectivity index (χ1v) is 6.71. The molecule has 0 fully saturated rings. The molecule has 0 atom stereocenters. The lowest BCUT2D eigenvalue weighted by molar-refractivity contribution is 0.441. The quantitative estimate of drug-likeness (QED) is 0.440. The number of aliphatic imine (C=N–C) groups is 1. The van der Waals surface area contributed by atoms with Crippen LogP contribution < -0.4 is 0 Å². The molecule has 0 spiro atoms. The number of hydrogen-bond acceptors (Lipinski definition) is 2. The van der Waals surface area contributed by atoms with Crippen molar-refractivity contribution in [2.75, 3.05) is 6.54 Å². The van der Waals surface area contributed by atoms with E-state index in [1.807, 2.05) is 20.0 Å². The predicted octanol–water partition coefficient (Wildman–Crippen LogP) is 4.91. The second-order valence-corrected chi connectivity index (χ2v) is 4.73. The highest BCUT2D eigenvalue weighted by molar-refractivity contribution is 5.98. The molecule has 0 amide bonds. The van der Waals surface area contributed by atoms with Crippen LogP contribution in [0.5, 0.6) is 0 Å². The topological polar surface area (TPSA) is 15.6 Å². The van der Waals surface area contributed by atoms with Crippen molar-refractivity contribution in [1.29, 1.82) is 0 Å². The minimum atomic E-state index is 0.843. The van der Waals surface area contributed by atoms with Gasteiger partial charge in [0, 0.05) is 23.7 Å². The molecule has 102 valence electrons. The average molecular weight is 248 g/mol. The van der Waals surface area contributed by atoms with Crippen LogP contribution in [0.3, 0.4) is 0 Å². The smallest absolute Gasteiger partial charge is 0.0421 e. The summed E-state index contributed by atoms with van der Waals surface area (Å²) in [6, 6.07) is 0. The Morgan fingerprint density at radius 3 is 2.22 bits per heavy atom. The van der Waals surface area contributed by atoms with E-state index in [9.17, 15) is 0 Å². The second-order valence-electron chi connectivity index (χ2n) is 4.73. The first kappa shape index (κ1) is 16.7. The zero-order valence-electron chi connectivity index (χ0n) is 12.7. The molecule has 0 bridgehead atoms. The van der Waals surface area contributed by atoms with E-state index in [0.29, 0.717) is 0 Å². The van der Waals surface area contributed by atoms with E-state index in [1.165, 1.54) is 30.5 Å². The van der Waals surface area contributed by atoms with E-state index in [1.54, 1.807) is 0 Å². The lowest BCUT2D eigenvalue weighted by Gasteiger charge is -2.23. The Morgan fingerprint density at radius 1 is 1.17 bits per heavy atom. The summed E-state index contributed by atoms with van der Waals surface area (Å²) in [5.41, 5.74) is 4.30. The molecule has 0 radical (unpaired) electrons. The summed E-state index contributed by atoms with van der Waals surface area (Å²) < 4.78 is 0. The van der Waals surface area contributed by atoms with Crippen molar-refractivity contribution in [2.45, 2.75) is 53.9 Å². The Kier molecular flexibility index (Phi) is 8.10. The number of hydrogen-bond donors (Lipinski definition) is 0. The van der Waals surface area contributed by atoms with Crippen molar-refractivity contribution in [3.63, 3.8) is 0 Å². The van der Waals surface area contributed by atoms with Crippen molar-refractivity contribution in [2.24, 2.45) is 4.99 Å². The standard InChI is InChI=1S/C16H28N2/c1-8-10-11-12-18(9-2)16(7)14(5)15(6)17-13(3)4/h9H,2-3,8,10-12H2,1,4-7H3/b16-14+,17-15-. The van der Waals surface area contributed by atoms with Gasteiger partial charge in [0.1, 0.15) is 0 Å². The van der Waals surface area contributed by atoms with Gasteiger partial charge in [0.25, 0.3) is 0 Å². The van der Waals surface area contributed by atoms with Crippen LogP contribution in [0, 0.1) is 0 Å². The third kappa shape index (κ3) is 5.85. The molecular formula is C16H28N2.